The molecule has 0 aliphatic heterocycles. The molecule has 0 spiro atoms. The maximum atomic E-state index is 12.7. The molecule has 1 N–H and O–H groups in total. The largest absolute Gasteiger partial charge is 0.388 e. The smallest absolute Gasteiger partial charge is 0.280 e. The molecule has 0 saturated heterocycles. The summed E-state index contributed by atoms with van der Waals surface area (Å²) < 4.78 is 26.3. The van der Waals surface area contributed by atoms with E-state index in [4.69, 9.17) is 11.6 Å². The van der Waals surface area contributed by atoms with Crippen molar-refractivity contribution in [3.63, 3.8) is 0 Å². The van der Waals surface area contributed by atoms with Gasteiger partial charge in [0.15, 0.2) is 0 Å². The summed E-state index contributed by atoms with van der Waals surface area (Å²) in [4.78, 5) is 3.90. The minimum absolute atomic E-state index is 0.273. The van der Waals surface area contributed by atoms with Crippen LogP contribution in [0.1, 0.15) is 12.1 Å². The maximum absolute atomic E-state index is 12.7. The van der Waals surface area contributed by atoms with Crippen LogP contribution in [-0.2, 0) is 0 Å². The lowest BCUT2D eigenvalue weighted by atomic mass is 10.1. The fourth-order valence-electron chi connectivity index (χ4n) is 1.59. The van der Waals surface area contributed by atoms with Crippen molar-refractivity contribution in [3.8, 4) is 0 Å². The van der Waals surface area contributed by atoms with Crippen LogP contribution in [-0.4, -0.2) is 12.0 Å². The molecular weight excluding hydrogens is 360 g/mol. The molecule has 0 bridgehead atoms. The van der Waals surface area contributed by atoms with Gasteiger partial charge in [0, 0.05) is 21.7 Å². The molecule has 0 aliphatic rings. The highest BCUT2D eigenvalue weighted by molar-refractivity contribution is 14.1. The Labute approximate surface area is 116 Å². The number of nitrogens with one attached hydrogen (secondary N) is 1. The number of rotatable bonds is 2. The van der Waals surface area contributed by atoms with Crippen molar-refractivity contribution in [1.29, 1.82) is 0 Å². The fourth-order valence-corrected chi connectivity index (χ4v) is 2.66. The van der Waals surface area contributed by atoms with Crippen LogP contribution >= 0.6 is 34.2 Å². The second-order valence-electron chi connectivity index (χ2n) is 3.43. The van der Waals surface area contributed by atoms with E-state index in [-0.39, 0.29) is 5.69 Å². The third-order valence-corrected chi connectivity index (χ3v) is 3.26. The first-order valence-corrected chi connectivity index (χ1v) is 6.24. The molecular formula is C11H8ClF2IN2. The molecule has 2 nitrogen and oxygen atoms in total. The summed E-state index contributed by atoms with van der Waals surface area (Å²) in [6.45, 7) is 0. The lowest BCUT2D eigenvalue weighted by Crippen LogP contribution is -1.97. The van der Waals surface area contributed by atoms with Gasteiger partial charge >= 0.3 is 0 Å². The first kappa shape index (κ1) is 12.8. The number of pyridine rings is 1. The van der Waals surface area contributed by atoms with Gasteiger partial charge in [0.25, 0.3) is 6.43 Å². The summed E-state index contributed by atoms with van der Waals surface area (Å²) in [6, 6.07) is 4.90. The summed E-state index contributed by atoms with van der Waals surface area (Å²) >= 11 is 8.15. The standard InChI is InChI=1S/C11H8ClF2IN2/c1-16-8-4-9(11(13)14)17-10-6(8)2-5(15)3-7(10)12/h2-4,11H,1H3,(H,16,17). The number of aromatic nitrogens is 1. The average Bonchev–Trinajstić information content (AvgIpc) is 2.27. The van der Waals surface area contributed by atoms with Crippen LogP contribution in [0, 0.1) is 3.57 Å². The molecule has 2 rings (SSSR count). The summed E-state index contributed by atoms with van der Waals surface area (Å²) in [6.07, 6.45) is -2.61. The zero-order chi connectivity index (χ0) is 12.6. The minimum Gasteiger partial charge on any atom is -0.388 e. The molecule has 1 aromatic carbocycles. The van der Waals surface area contributed by atoms with Gasteiger partial charge in [-0.15, -0.1) is 0 Å². The quantitative estimate of drug-likeness (QED) is 0.791. The molecule has 6 heteroatoms. The third-order valence-electron chi connectivity index (χ3n) is 2.34. The highest BCUT2D eigenvalue weighted by Gasteiger charge is 2.14. The second kappa shape index (κ2) is 4.89. The third kappa shape index (κ3) is 2.44. The van der Waals surface area contributed by atoms with Crippen molar-refractivity contribution in [2.75, 3.05) is 12.4 Å². The first-order valence-electron chi connectivity index (χ1n) is 4.78. The molecule has 0 unspecified atom stereocenters. The summed E-state index contributed by atoms with van der Waals surface area (Å²) in [5.74, 6) is 0. The van der Waals surface area contributed by atoms with Crippen LogP contribution in [0.3, 0.4) is 0 Å². The van der Waals surface area contributed by atoms with Crippen molar-refractivity contribution < 1.29 is 8.78 Å². The molecule has 0 amide bonds. The highest BCUT2D eigenvalue weighted by atomic mass is 127. The number of anilines is 1. The van der Waals surface area contributed by atoms with Crippen LogP contribution < -0.4 is 5.32 Å². The maximum Gasteiger partial charge on any atom is 0.280 e. The van der Waals surface area contributed by atoms with Crippen LogP contribution in [0.2, 0.25) is 5.02 Å². The SMILES string of the molecule is CNc1cc(C(F)F)nc2c(Cl)cc(I)cc12. The zero-order valence-corrected chi connectivity index (χ0v) is 11.7. The molecule has 17 heavy (non-hydrogen) atoms. The van der Waals surface area contributed by atoms with Gasteiger partial charge in [-0.2, -0.15) is 0 Å². The predicted octanol–water partition coefficient (Wildman–Crippen LogP) is 4.47. The van der Waals surface area contributed by atoms with E-state index in [1.54, 1.807) is 13.1 Å². The van der Waals surface area contributed by atoms with Gasteiger partial charge in [-0.1, -0.05) is 11.6 Å². The highest BCUT2D eigenvalue weighted by Crippen LogP contribution is 2.32. The van der Waals surface area contributed by atoms with Crippen LogP contribution in [0.5, 0.6) is 0 Å². The number of benzene rings is 1. The summed E-state index contributed by atoms with van der Waals surface area (Å²) in [7, 11) is 1.68. The lowest BCUT2D eigenvalue weighted by molar-refractivity contribution is 0.146. The van der Waals surface area contributed by atoms with Gasteiger partial charge in [-0.25, -0.2) is 13.8 Å². The van der Waals surface area contributed by atoms with Gasteiger partial charge in [0.1, 0.15) is 5.69 Å². The molecule has 1 aromatic heterocycles. The topological polar surface area (TPSA) is 24.9 Å². The van der Waals surface area contributed by atoms with E-state index in [9.17, 15) is 8.78 Å². The molecule has 0 radical (unpaired) electrons. The molecule has 0 fully saturated rings. The number of fused-ring (bicyclic) bond motifs is 1. The van der Waals surface area contributed by atoms with Crippen molar-refractivity contribution in [2.45, 2.75) is 6.43 Å². The van der Waals surface area contributed by atoms with E-state index in [1.165, 1.54) is 6.07 Å². The Morgan fingerprint density at radius 3 is 2.65 bits per heavy atom. The Balaban J connectivity index is 2.82. The first-order chi connectivity index (χ1) is 8.02. The fraction of sp³-hybridized carbons (Fsp3) is 0.182. The van der Waals surface area contributed by atoms with E-state index in [0.717, 1.165) is 8.96 Å². The van der Waals surface area contributed by atoms with Crippen LogP contribution in [0.25, 0.3) is 10.9 Å². The Bertz CT molecular complexity index is 575. The van der Waals surface area contributed by atoms with Gasteiger partial charge in [0.2, 0.25) is 0 Å². The minimum atomic E-state index is -2.61. The average molecular weight is 369 g/mol. The number of alkyl halides is 2. The molecule has 1 heterocycles. The molecule has 0 aliphatic carbocycles. The Hall–Kier alpha value is -0.690. The summed E-state index contributed by atoms with van der Waals surface area (Å²) in [5, 5.41) is 4.01. The molecule has 0 saturated carbocycles. The number of hydrogen-bond donors (Lipinski definition) is 1. The van der Waals surface area contributed by atoms with Crippen molar-refractivity contribution in [3.05, 3.63) is 32.5 Å². The predicted molar refractivity (Wildman–Crippen MR) is 74.0 cm³/mol. The number of nitrogens with zero attached hydrogens (tertiary/aromatic N) is 1. The number of halogens is 4. The lowest BCUT2D eigenvalue weighted by Gasteiger charge is -2.10. The van der Waals surface area contributed by atoms with E-state index >= 15 is 0 Å². The van der Waals surface area contributed by atoms with Gasteiger partial charge in [-0.05, 0) is 40.8 Å². The van der Waals surface area contributed by atoms with Crippen molar-refractivity contribution in [2.24, 2.45) is 0 Å². The van der Waals surface area contributed by atoms with Gasteiger partial charge in [0.05, 0.1) is 10.5 Å². The van der Waals surface area contributed by atoms with Crippen LogP contribution in [0.15, 0.2) is 18.2 Å². The van der Waals surface area contributed by atoms with E-state index < -0.39 is 6.43 Å². The normalized spacial score (nSPS) is 11.2. The molecule has 0 atom stereocenters. The Morgan fingerprint density at radius 2 is 2.06 bits per heavy atom. The monoisotopic (exact) mass is 368 g/mol. The van der Waals surface area contributed by atoms with E-state index in [1.807, 2.05) is 6.07 Å². The van der Waals surface area contributed by atoms with Crippen LogP contribution in [0.4, 0.5) is 14.5 Å². The van der Waals surface area contributed by atoms with Gasteiger partial charge in [-0.3, -0.25) is 0 Å². The molecule has 2 aromatic rings. The summed E-state index contributed by atoms with van der Waals surface area (Å²) in [5.41, 5.74) is 0.727. The van der Waals surface area contributed by atoms with Crippen molar-refractivity contribution >= 4 is 50.8 Å². The molecule has 90 valence electrons. The van der Waals surface area contributed by atoms with Gasteiger partial charge < -0.3 is 5.32 Å². The Kier molecular flexibility index (Phi) is 3.67. The van der Waals surface area contributed by atoms with E-state index in [0.29, 0.717) is 16.2 Å². The second-order valence-corrected chi connectivity index (χ2v) is 5.08. The zero-order valence-electron chi connectivity index (χ0n) is 8.77. The number of hydrogen-bond acceptors (Lipinski definition) is 2. The Morgan fingerprint density at radius 1 is 1.35 bits per heavy atom. The van der Waals surface area contributed by atoms with E-state index in [2.05, 4.69) is 32.9 Å². The van der Waals surface area contributed by atoms with Crippen molar-refractivity contribution in [1.82, 2.24) is 4.98 Å².